The molecular formula is C14H11ClN4. The van der Waals surface area contributed by atoms with Gasteiger partial charge in [-0.2, -0.15) is 5.10 Å². The molecule has 0 spiro atoms. The largest absolute Gasteiger partial charge is 0.222 e. The molecule has 0 aliphatic carbocycles. The van der Waals surface area contributed by atoms with E-state index in [0.29, 0.717) is 16.8 Å². The van der Waals surface area contributed by atoms with Crippen molar-refractivity contribution < 1.29 is 0 Å². The number of rotatable bonds is 2. The fourth-order valence-electron chi connectivity index (χ4n) is 1.78. The molecule has 0 aliphatic heterocycles. The quantitative estimate of drug-likeness (QED) is 0.671. The van der Waals surface area contributed by atoms with Crippen molar-refractivity contribution in [3.63, 3.8) is 0 Å². The van der Waals surface area contributed by atoms with Gasteiger partial charge in [-0.05, 0) is 13.0 Å². The Morgan fingerprint density at radius 3 is 2.53 bits per heavy atom. The van der Waals surface area contributed by atoms with Crippen molar-refractivity contribution in [2.75, 3.05) is 0 Å². The molecule has 0 aliphatic rings. The molecule has 3 rings (SSSR count). The summed E-state index contributed by atoms with van der Waals surface area (Å²) in [6, 6.07) is 13.3. The van der Waals surface area contributed by atoms with Crippen LogP contribution >= 0.6 is 11.6 Å². The van der Waals surface area contributed by atoms with E-state index in [9.17, 15) is 0 Å². The third kappa shape index (κ3) is 2.48. The van der Waals surface area contributed by atoms with Gasteiger partial charge >= 0.3 is 0 Å². The van der Waals surface area contributed by atoms with Gasteiger partial charge < -0.3 is 0 Å². The Labute approximate surface area is 115 Å². The molecule has 3 aromatic rings. The number of hydrogen-bond acceptors (Lipinski definition) is 3. The number of hydrogen-bond donors (Lipinski definition) is 0. The van der Waals surface area contributed by atoms with Gasteiger partial charge in [0, 0.05) is 17.8 Å². The lowest BCUT2D eigenvalue weighted by Gasteiger charge is -2.05. The van der Waals surface area contributed by atoms with Crippen LogP contribution < -0.4 is 0 Å². The van der Waals surface area contributed by atoms with E-state index in [1.54, 1.807) is 10.7 Å². The molecule has 5 heteroatoms. The van der Waals surface area contributed by atoms with Crippen LogP contribution in [0.1, 0.15) is 5.69 Å². The van der Waals surface area contributed by atoms with Crippen LogP contribution in [0.4, 0.5) is 0 Å². The standard InChI is InChI=1S/C14H11ClN4/c1-10-7-8-19(18-10)13-9-12(15)16-14(17-13)11-5-3-2-4-6-11/h2-9H,1H3. The second-order valence-corrected chi connectivity index (χ2v) is 4.53. The Morgan fingerprint density at radius 1 is 1.05 bits per heavy atom. The van der Waals surface area contributed by atoms with E-state index in [2.05, 4.69) is 15.1 Å². The summed E-state index contributed by atoms with van der Waals surface area (Å²) >= 11 is 6.06. The van der Waals surface area contributed by atoms with E-state index < -0.39 is 0 Å². The first-order chi connectivity index (χ1) is 9.22. The molecule has 0 saturated heterocycles. The van der Waals surface area contributed by atoms with Crippen LogP contribution in [0.2, 0.25) is 5.15 Å². The maximum atomic E-state index is 6.06. The smallest absolute Gasteiger partial charge is 0.163 e. The van der Waals surface area contributed by atoms with Gasteiger partial charge in [-0.25, -0.2) is 14.6 Å². The van der Waals surface area contributed by atoms with Gasteiger partial charge in [-0.15, -0.1) is 0 Å². The summed E-state index contributed by atoms with van der Waals surface area (Å²) in [6.45, 7) is 1.93. The van der Waals surface area contributed by atoms with Crippen molar-refractivity contribution >= 4 is 11.6 Å². The van der Waals surface area contributed by atoms with Crippen molar-refractivity contribution in [3.05, 3.63) is 59.5 Å². The summed E-state index contributed by atoms with van der Waals surface area (Å²) in [4.78, 5) is 8.74. The number of benzene rings is 1. The normalized spacial score (nSPS) is 10.6. The number of aromatic nitrogens is 4. The van der Waals surface area contributed by atoms with E-state index in [1.807, 2.05) is 49.5 Å². The van der Waals surface area contributed by atoms with E-state index in [0.717, 1.165) is 11.3 Å². The van der Waals surface area contributed by atoms with Gasteiger partial charge in [0.25, 0.3) is 0 Å². The summed E-state index contributed by atoms with van der Waals surface area (Å²) in [5, 5.41) is 4.72. The lowest BCUT2D eigenvalue weighted by Crippen LogP contribution is -2.01. The van der Waals surface area contributed by atoms with Crippen molar-refractivity contribution in [1.29, 1.82) is 0 Å². The molecule has 4 nitrogen and oxygen atoms in total. The predicted molar refractivity (Wildman–Crippen MR) is 74.3 cm³/mol. The van der Waals surface area contributed by atoms with Crippen molar-refractivity contribution in [3.8, 4) is 17.2 Å². The van der Waals surface area contributed by atoms with Crippen molar-refractivity contribution in [2.45, 2.75) is 6.92 Å². The van der Waals surface area contributed by atoms with Gasteiger partial charge in [0.05, 0.1) is 5.69 Å². The third-order valence-corrected chi connectivity index (χ3v) is 2.86. The van der Waals surface area contributed by atoms with Crippen LogP contribution in [-0.2, 0) is 0 Å². The minimum absolute atomic E-state index is 0.400. The number of aryl methyl sites for hydroxylation is 1. The first-order valence-corrected chi connectivity index (χ1v) is 6.23. The fraction of sp³-hybridized carbons (Fsp3) is 0.0714. The minimum atomic E-state index is 0.400. The zero-order valence-corrected chi connectivity index (χ0v) is 11.0. The number of halogens is 1. The molecule has 19 heavy (non-hydrogen) atoms. The van der Waals surface area contributed by atoms with Gasteiger partial charge in [0.15, 0.2) is 11.6 Å². The second kappa shape index (κ2) is 4.82. The highest BCUT2D eigenvalue weighted by Gasteiger charge is 2.07. The topological polar surface area (TPSA) is 43.6 Å². The summed E-state index contributed by atoms with van der Waals surface area (Å²) < 4.78 is 1.69. The molecule has 94 valence electrons. The highest BCUT2D eigenvalue weighted by Crippen LogP contribution is 2.19. The van der Waals surface area contributed by atoms with E-state index in [-0.39, 0.29) is 0 Å². The van der Waals surface area contributed by atoms with E-state index >= 15 is 0 Å². The average Bonchev–Trinajstić information content (AvgIpc) is 2.86. The first kappa shape index (κ1) is 11.9. The highest BCUT2D eigenvalue weighted by molar-refractivity contribution is 6.29. The minimum Gasteiger partial charge on any atom is -0.222 e. The van der Waals surface area contributed by atoms with Crippen LogP contribution in [0.5, 0.6) is 0 Å². The van der Waals surface area contributed by atoms with Crippen LogP contribution in [0.3, 0.4) is 0 Å². The Hall–Kier alpha value is -2.20. The molecule has 2 aromatic heterocycles. The zero-order valence-electron chi connectivity index (χ0n) is 10.3. The van der Waals surface area contributed by atoms with Crippen molar-refractivity contribution in [2.24, 2.45) is 0 Å². The first-order valence-electron chi connectivity index (χ1n) is 5.85. The molecule has 0 radical (unpaired) electrons. The summed E-state index contributed by atoms with van der Waals surface area (Å²) in [5.41, 5.74) is 1.85. The SMILES string of the molecule is Cc1ccn(-c2cc(Cl)nc(-c3ccccc3)n2)n1. The highest BCUT2D eigenvalue weighted by atomic mass is 35.5. The van der Waals surface area contributed by atoms with Gasteiger partial charge in [-0.1, -0.05) is 41.9 Å². The number of nitrogens with zero attached hydrogens (tertiary/aromatic N) is 4. The second-order valence-electron chi connectivity index (χ2n) is 4.14. The third-order valence-electron chi connectivity index (χ3n) is 2.67. The van der Waals surface area contributed by atoms with Gasteiger partial charge in [0.1, 0.15) is 5.15 Å². The van der Waals surface area contributed by atoms with Gasteiger partial charge in [0.2, 0.25) is 0 Å². The van der Waals surface area contributed by atoms with Crippen LogP contribution in [0.15, 0.2) is 48.7 Å². The lowest BCUT2D eigenvalue weighted by atomic mass is 10.2. The molecule has 0 atom stereocenters. The van der Waals surface area contributed by atoms with Crippen LogP contribution in [-0.4, -0.2) is 19.7 Å². The average molecular weight is 271 g/mol. The Balaban J connectivity index is 2.11. The van der Waals surface area contributed by atoms with Crippen LogP contribution in [0, 0.1) is 6.92 Å². The molecule has 2 heterocycles. The van der Waals surface area contributed by atoms with Crippen LogP contribution in [0.25, 0.3) is 17.2 Å². The zero-order chi connectivity index (χ0) is 13.2. The van der Waals surface area contributed by atoms with E-state index in [1.165, 1.54) is 0 Å². The molecule has 0 bridgehead atoms. The maximum Gasteiger partial charge on any atom is 0.163 e. The Morgan fingerprint density at radius 2 is 1.84 bits per heavy atom. The van der Waals surface area contributed by atoms with E-state index in [4.69, 9.17) is 11.6 Å². The molecule has 0 amide bonds. The Kier molecular flexibility index (Phi) is 3.01. The summed E-state index contributed by atoms with van der Waals surface area (Å²) in [7, 11) is 0. The summed E-state index contributed by atoms with van der Waals surface area (Å²) in [6.07, 6.45) is 1.85. The maximum absolute atomic E-state index is 6.06. The molecule has 1 aromatic carbocycles. The Bertz CT molecular complexity index is 706. The molecule has 0 fully saturated rings. The monoisotopic (exact) mass is 270 g/mol. The molecular weight excluding hydrogens is 260 g/mol. The fourth-order valence-corrected chi connectivity index (χ4v) is 1.96. The van der Waals surface area contributed by atoms with Gasteiger partial charge in [-0.3, -0.25) is 0 Å². The molecule has 0 unspecified atom stereocenters. The summed E-state index contributed by atoms with van der Waals surface area (Å²) in [5.74, 6) is 1.25. The van der Waals surface area contributed by atoms with Crippen molar-refractivity contribution in [1.82, 2.24) is 19.7 Å². The predicted octanol–water partition coefficient (Wildman–Crippen LogP) is 3.29. The lowest BCUT2D eigenvalue weighted by molar-refractivity contribution is 0.828. The molecule has 0 saturated carbocycles. The molecule has 0 N–H and O–H groups in total.